The van der Waals surface area contributed by atoms with Crippen LogP contribution in [0.1, 0.15) is 11.1 Å². The van der Waals surface area contributed by atoms with E-state index in [2.05, 4.69) is 0 Å². The zero-order valence-corrected chi connectivity index (χ0v) is 16.4. The molecule has 0 saturated carbocycles. The Kier molecular flexibility index (Phi) is 5.86. The van der Waals surface area contributed by atoms with E-state index in [4.69, 9.17) is 22.1 Å². The number of carbonyl (C=O) groups excluding carboxylic acids is 1. The Bertz CT molecular complexity index is 914. The van der Waals surface area contributed by atoms with Crippen LogP contribution in [0.4, 0.5) is 0 Å². The molecular formula is C19H21ClN2O4S. The number of morpholine rings is 1. The van der Waals surface area contributed by atoms with Gasteiger partial charge in [0.2, 0.25) is 15.9 Å². The molecule has 2 N–H and O–H groups in total. The fourth-order valence-corrected chi connectivity index (χ4v) is 4.78. The molecule has 0 bridgehead atoms. The molecule has 1 amide bonds. The van der Waals surface area contributed by atoms with Gasteiger partial charge in [-0.3, -0.25) is 4.79 Å². The molecule has 2 atom stereocenters. The highest BCUT2D eigenvalue weighted by molar-refractivity contribution is 7.89. The number of hydrogen-bond acceptors (Lipinski definition) is 4. The number of primary amides is 1. The van der Waals surface area contributed by atoms with Crippen LogP contribution in [0.15, 0.2) is 53.4 Å². The third-order valence-corrected chi connectivity index (χ3v) is 6.76. The van der Waals surface area contributed by atoms with Crippen molar-refractivity contribution in [3.8, 4) is 0 Å². The second-order valence-electron chi connectivity index (χ2n) is 6.60. The molecule has 1 aliphatic rings. The van der Waals surface area contributed by atoms with Crippen molar-refractivity contribution < 1.29 is 17.9 Å². The van der Waals surface area contributed by atoms with Gasteiger partial charge in [0.1, 0.15) is 6.10 Å². The molecule has 144 valence electrons. The van der Waals surface area contributed by atoms with Gasteiger partial charge in [-0.05, 0) is 43.2 Å². The minimum Gasteiger partial charge on any atom is -0.367 e. The van der Waals surface area contributed by atoms with E-state index >= 15 is 0 Å². The molecule has 1 heterocycles. The van der Waals surface area contributed by atoms with Crippen LogP contribution < -0.4 is 5.73 Å². The predicted octanol–water partition coefficient (Wildman–Crippen LogP) is 2.13. The number of hydrogen-bond donors (Lipinski definition) is 1. The summed E-state index contributed by atoms with van der Waals surface area (Å²) in [5.41, 5.74) is 7.23. The molecule has 1 unspecified atom stereocenters. The van der Waals surface area contributed by atoms with E-state index in [1.807, 2.05) is 19.1 Å². The van der Waals surface area contributed by atoms with Crippen LogP contribution in [0.25, 0.3) is 0 Å². The predicted molar refractivity (Wildman–Crippen MR) is 103 cm³/mol. The zero-order chi connectivity index (χ0) is 19.6. The summed E-state index contributed by atoms with van der Waals surface area (Å²) in [6, 6.07) is 13.4. The van der Waals surface area contributed by atoms with Gasteiger partial charge in [0.15, 0.2) is 0 Å². The number of nitrogens with two attached hydrogens (primary N) is 1. The number of halogens is 1. The van der Waals surface area contributed by atoms with Crippen molar-refractivity contribution in [1.29, 1.82) is 0 Å². The third kappa shape index (κ3) is 4.50. The number of nitrogens with zero attached hydrogens (tertiary/aromatic N) is 1. The van der Waals surface area contributed by atoms with Crippen LogP contribution in [0, 0.1) is 6.92 Å². The molecule has 0 radical (unpaired) electrons. The average molecular weight is 409 g/mol. The summed E-state index contributed by atoms with van der Waals surface area (Å²) in [7, 11) is -3.80. The Hall–Kier alpha value is -1.93. The molecule has 0 aromatic heterocycles. The first-order chi connectivity index (χ1) is 12.8. The number of sulfonamides is 1. The quantitative estimate of drug-likeness (QED) is 0.820. The Labute approximate surface area is 163 Å². The van der Waals surface area contributed by atoms with Gasteiger partial charge < -0.3 is 10.5 Å². The van der Waals surface area contributed by atoms with Crippen LogP contribution in [0.5, 0.6) is 0 Å². The fraction of sp³-hybridized carbons (Fsp3) is 0.316. The molecule has 6 nitrogen and oxygen atoms in total. The minimum absolute atomic E-state index is 0.0846. The lowest BCUT2D eigenvalue weighted by atomic mass is 10.1. The first-order valence-electron chi connectivity index (χ1n) is 8.51. The van der Waals surface area contributed by atoms with Gasteiger partial charge in [0.05, 0.1) is 17.5 Å². The average Bonchev–Trinajstić information content (AvgIpc) is 2.64. The van der Waals surface area contributed by atoms with Gasteiger partial charge in [-0.1, -0.05) is 41.4 Å². The molecule has 2 aromatic rings. The van der Waals surface area contributed by atoms with Gasteiger partial charge in [0, 0.05) is 11.6 Å². The SMILES string of the molecule is Cc1ccc(S(=O)(=O)N2C[C@@H](C(N)=O)OCC2Cc2ccc(Cl)cc2)cc1. The molecule has 1 saturated heterocycles. The highest BCUT2D eigenvalue weighted by Crippen LogP contribution is 2.25. The second-order valence-corrected chi connectivity index (χ2v) is 8.92. The van der Waals surface area contributed by atoms with E-state index in [1.54, 1.807) is 36.4 Å². The number of rotatable bonds is 5. The van der Waals surface area contributed by atoms with Gasteiger partial charge in [-0.2, -0.15) is 4.31 Å². The lowest BCUT2D eigenvalue weighted by molar-refractivity contribution is -0.135. The van der Waals surface area contributed by atoms with Crippen molar-refractivity contribution in [1.82, 2.24) is 4.31 Å². The van der Waals surface area contributed by atoms with Gasteiger partial charge >= 0.3 is 0 Å². The summed E-state index contributed by atoms with van der Waals surface area (Å²) in [4.78, 5) is 11.8. The van der Waals surface area contributed by atoms with E-state index in [-0.39, 0.29) is 18.0 Å². The Morgan fingerprint density at radius 2 is 1.81 bits per heavy atom. The summed E-state index contributed by atoms with van der Waals surface area (Å²) >= 11 is 5.92. The van der Waals surface area contributed by atoms with Crippen molar-refractivity contribution in [3.05, 3.63) is 64.7 Å². The molecular weight excluding hydrogens is 388 g/mol. The first-order valence-corrected chi connectivity index (χ1v) is 10.3. The normalized spacial score (nSPS) is 21.1. The summed E-state index contributed by atoms with van der Waals surface area (Å²) < 4.78 is 33.3. The van der Waals surface area contributed by atoms with Gasteiger partial charge in [-0.25, -0.2) is 8.42 Å². The zero-order valence-electron chi connectivity index (χ0n) is 14.8. The lowest BCUT2D eigenvalue weighted by Crippen LogP contribution is -2.56. The monoisotopic (exact) mass is 408 g/mol. The summed E-state index contributed by atoms with van der Waals surface area (Å²) in [5, 5.41) is 0.608. The van der Waals surface area contributed by atoms with Crippen LogP contribution in [-0.4, -0.2) is 43.9 Å². The highest BCUT2D eigenvalue weighted by Gasteiger charge is 2.39. The fourth-order valence-electron chi connectivity index (χ4n) is 3.04. The minimum atomic E-state index is -3.80. The van der Waals surface area contributed by atoms with Crippen molar-refractivity contribution >= 4 is 27.5 Å². The maximum atomic E-state index is 13.2. The maximum Gasteiger partial charge on any atom is 0.247 e. The Balaban J connectivity index is 1.92. The van der Waals surface area contributed by atoms with E-state index in [9.17, 15) is 13.2 Å². The van der Waals surface area contributed by atoms with E-state index < -0.39 is 28.1 Å². The van der Waals surface area contributed by atoms with E-state index in [0.717, 1.165) is 11.1 Å². The van der Waals surface area contributed by atoms with Crippen LogP contribution in [0.2, 0.25) is 5.02 Å². The van der Waals surface area contributed by atoms with Crippen molar-refractivity contribution in [2.24, 2.45) is 5.73 Å². The van der Waals surface area contributed by atoms with E-state index in [0.29, 0.717) is 11.4 Å². The van der Waals surface area contributed by atoms with Crippen molar-refractivity contribution in [2.75, 3.05) is 13.2 Å². The first kappa shape index (κ1) is 19.8. The molecule has 0 spiro atoms. The summed E-state index contributed by atoms with van der Waals surface area (Å²) in [5.74, 6) is -0.677. The van der Waals surface area contributed by atoms with Crippen LogP contribution in [0.3, 0.4) is 0 Å². The third-order valence-electron chi connectivity index (χ3n) is 4.57. The second kappa shape index (κ2) is 7.98. The van der Waals surface area contributed by atoms with Gasteiger partial charge in [-0.15, -0.1) is 0 Å². The Morgan fingerprint density at radius 1 is 1.19 bits per heavy atom. The molecule has 2 aromatic carbocycles. The van der Waals surface area contributed by atoms with Crippen LogP contribution >= 0.6 is 11.6 Å². The van der Waals surface area contributed by atoms with Gasteiger partial charge in [0.25, 0.3) is 0 Å². The molecule has 3 rings (SSSR count). The number of aryl methyl sites for hydroxylation is 1. The molecule has 0 aliphatic carbocycles. The number of carbonyl (C=O) groups is 1. The maximum absolute atomic E-state index is 13.2. The smallest absolute Gasteiger partial charge is 0.247 e. The topological polar surface area (TPSA) is 89.7 Å². The standard InChI is InChI=1S/C19H21ClN2O4S/c1-13-2-8-17(9-3-13)27(24,25)22-11-18(19(21)23)26-12-16(22)10-14-4-6-15(20)7-5-14/h2-9,16,18H,10-12H2,1H3,(H2,21,23)/t16?,18-/m0/s1. The van der Waals surface area contributed by atoms with Crippen molar-refractivity contribution in [3.63, 3.8) is 0 Å². The van der Waals surface area contributed by atoms with Crippen LogP contribution in [-0.2, 0) is 26.0 Å². The van der Waals surface area contributed by atoms with E-state index in [1.165, 1.54) is 4.31 Å². The Morgan fingerprint density at radius 3 is 2.41 bits per heavy atom. The number of benzene rings is 2. The number of amides is 1. The summed E-state index contributed by atoms with van der Waals surface area (Å²) in [6.07, 6.45) is -0.528. The lowest BCUT2D eigenvalue weighted by Gasteiger charge is -2.37. The summed E-state index contributed by atoms with van der Waals surface area (Å²) in [6.45, 7) is 1.86. The highest BCUT2D eigenvalue weighted by atomic mass is 35.5. The molecule has 27 heavy (non-hydrogen) atoms. The molecule has 1 aliphatic heterocycles. The van der Waals surface area contributed by atoms with Crippen molar-refractivity contribution in [2.45, 2.75) is 30.4 Å². The largest absolute Gasteiger partial charge is 0.367 e. The molecule has 1 fully saturated rings. The molecule has 8 heteroatoms. The number of ether oxygens (including phenoxy) is 1.